The molecule has 0 heterocycles. The van der Waals surface area contributed by atoms with Crippen LogP contribution in [0.1, 0.15) is 59.8 Å². The normalized spacial score (nSPS) is 19.4. The number of rotatable bonds is 5. The fourth-order valence-corrected chi connectivity index (χ4v) is 2.50. The molecule has 1 aliphatic rings. The summed E-state index contributed by atoms with van der Waals surface area (Å²) < 4.78 is 0. The Balaban J connectivity index is 0.00000289. The highest BCUT2D eigenvalue weighted by Crippen LogP contribution is 2.44. The van der Waals surface area contributed by atoms with Gasteiger partial charge in [0.25, 0.3) is 0 Å². The lowest BCUT2D eigenvalue weighted by molar-refractivity contribution is -0.125. The molecule has 0 unspecified atom stereocenters. The van der Waals surface area contributed by atoms with Gasteiger partial charge in [0.15, 0.2) is 0 Å². The fourth-order valence-electron chi connectivity index (χ4n) is 2.50. The second-order valence-corrected chi connectivity index (χ2v) is 6.67. The summed E-state index contributed by atoms with van der Waals surface area (Å²) in [5.74, 6) is -0.000113. The van der Waals surface area contributed by atoms with Gasteiger partial charge in [-0.05, 0) is 30.1 Å². The number of nitrogens with two attached hydrogens (primary N) is 1. The molecule has 1 amide bonds. The molecule has 1 fully saturated rings. The van der Waals surface area contributed by atoms with Gasteiger partial charge in [-0.25, -0.2) is 0 Å². The second kappa shape index (κ2) is 6.76. The average Bonchev–Trinajstić information content (AvgIpc) is 2.18. The van der Waals surface area contributed by atoms with Crippen molar-refractivity contribution >= 4 is 18.3 Å². The van der Waals surface area contributed by atoms with Gasteiger partial charge in [0.05, 0.1) is 6.04 Å². The van der Waals surface area contributed by atoms with Gasteiger partial charge >= 0.3 is 0 Å². The molecule has 0 radical (unpaired) electrons. The minimum atomic E-state index is -0.416. The van der Waals surface area contributed by atoms with Gasteiger partial charge in [0.1, 0.15) is 0 Å². The van der Waals surface area contributed by atoms with Crippen LogP contribution in [0.3, 0.4) is 0 Å². The van der Waals surface area contributed by atoms with Crippen LogP contribution in [-0.4, -0.2) is 18.5 Å². The van der Waals surface area contributed by atoms with Crippen LogP contribution in [0, 0.1) is 10.8 Å². The van der Waals surface area contributed by atoms with Crippen molar-refractivity contribution in [3.05, 3.63) is 0 Å². The highest BCUT2D eigenvalue weighted by atomic mass is 35.5. The molecule has 0 aromatic rings. The van der Waals surface area contributed by atoms with Gasteiger partial charge < -0.3 is 11.1 Å². The van der Waals surface area contributed by atoms with Crippen LogP contribution in [0.5, 0.6) is 0 Å². The molecule has 4 heteroatoms. The van der Waals surface area contributed by atoms with Crippen LogP contribution >= 0.6 is 12.4 Å². The second-order valence-electron chi connectivity index (χ2n) is 6.67. The topological polar surface area (TPSA) is 55.1 Å². The van der Waals surface area contributed by atoms with Gasteiger partial charge in [-0.3, -0.25) is 4.79 Å². The quantitative estimate of drug-likeness (QED) is 0.811. The van der Waals surface area contributed by atoms with E-state index in [1.165, 1.54) is 32.1 Å². The summed E-state index contributed by atoms with van der Waals surface area (Å²) in [6.45, 7) is 9.03. The summed E-state index contributed by atoms with van der Waals surface area (Å²) in [7, 11) is 0. The predicted octanol–water partition coefficient (Wildman–Crippen LogP) is 2.87. The van der Waals surface area contributed by atoms with E-state index in [0.717, 1.165) is 6.54 Å². The zero-order valence-electron chi connectivity index (χ0n) is 12.2. The maximum absolute atomic E-state index is 11.9. The van der Waals surface area contributed by atoms with E-state index in [0.29, 0.717) is 5.41 Å². The molecule has 0 aliphatic heterocycles. The number of amides is 1. The first-order valence-electron chi connectivity index (χ1n) is 6.84. The summed E-state index contributed by atoms with van der Waals surface area (Å²) in [5, 5.41) is 3.05. The molecular formula is C14H29ClN2O. The number of halogens is 1. The standard InChI is InChI=1S/C14H28N2O.ClH/c1-5-7-14(8-6-9-14)10-16-12(17)11(15)13(2,3)4;/h11H,5-10,15H2,1-4H3,(H,16,17);1H/t11-;/m1./s1. The van der Waals surface area contributed by atoms with Crippen molar-refractivity contribution in [2.24, 2.45) is 16.6 Å². The molecule has 18 heavy (non-hydrogen) atoms. The van der Waals surface area contributed by atoms with Gasteiger partial charge in [-0.15, -0.1) is 12.4 Å². The molecular weight excluding hydrogens is 248 g/mol. The minimum absolute atomic E-state index is 0. The Morgan fingerprint density at radius 3 is 2.28 bits per heavy atom. The van der Waals surface area contributed by atoms with E-state index in [2.05, 4.69) is 12.2 Å². The van der Waals surface area contributed by atoms with E-state index >= 15 is 0 Å². The molecule has 1 rings (SSSR count). The molecule has 0 saturated heterocycles. The molecule has 0 aromatic heterocycles. The largest absolute Gasteiger partial charge is 0.354 e. The molecule has 1 atom stereocenters. The summed E-state index contributed by atoms with van der Waals surface area (Å²) in [6.07, 6.45) is 6.23. The molecule has 3 N–H and O–H groups in total. The lowest BCUT2D eigenvalue weighted by Gasteiger charge is -2.42. The number of hydrogen-bond donors (Lipinski definition) is 2. The third-order valence-electron chi connectivity index (χ3n) is 4.05. The Labute approximate surface area is 118 Å². The van der Waals surface area contributed by atoms with Crippen molar-refractivity contribution in [2.75, 3.05) is 6.54 Å². The van der Waals surface area contributed by atoms with E-state index in [1.54, 1.807) is 0 Å². The maximum Gasteiger partial charge on any atom is 0.237 e. The number of hydrogen-bond acceptors (Lipinski definition) is 2. The van der Waals surface area contributed by atoms with Crippen molar-refractivity contribution in [3.8, 4) is 0 Å². The summed E-state index contributed by atoms with van der Waals surface area (Å²) >= 11 is 0. The van der Waals surface area contributed by atoms with Gasteiger partial charge in [0.2, 0.25) is 5.91 Å². The first-order chi connectivity index (χ1) is 7.81. The van der Waals surface area contributed by atoms with Crippen LogP contribution in [0.2, 0.25) is 0 Å². The van der Waals surface area contributed by atoms with Crippen LogP contribution in [0.25, 0.3) is 0 Å². The first-order valence-corrected chi connectivity index (χ1v) is 6.84. The zero-order chi connectivity index (χ0) is 13.1. The van der Waals surface area contributed by atoms with Gasteiger partial charge in [-0.1, -0.05) is 40.5 Å². The van der Waals surface area contributed by atoms with E-state index in [1.807, 2.05) is 20.8 Å². The van der Waals surface area contributed by atoms with Gasteiger partial charge in [-0.2, -0.15) is 0 Å². The maximum atomic E-state index is 11.9. The van der Waals surface area contributed by atoms with Crippen LogP contribution < -0.4 is 11.1 Å². The lowest BCUT2D eigenvalue weighted by atomic mass is 9.66. The first kappa shape index (κ1) is 17.7. The third-order valence-corrected chi connectivity index (χ3v) is 4.05. The highest BCUT2D eigenvalue weighted by Gasteiger charge is 2.37. The third kappa shape index (κ3) is 4.43. The molecule has 3 nitrogen and oxygen atoms in total. The number of nitrogens with one attached hydrogen (secondary N) is 1. The van der Waals surface area contributed by atoms with E-state index in [-0.39, 0.29) is 23.7 Å². The van der Waals surface area contributed by atoms with E-state index in [4.69, 9.17) is 5.73 Å². The molecule has 108 valence electrons. The monoisotopic (exact) mass is 276 g/mol. The van der Waals surface area contributed by atoms with Crippen LogP contribution in [0.15, 0.2) is 0 Å². The Kier molecular flexibility index (Phi) is 6.66. The predicted molar refractivity (Wildman–Crippen MR) is 78.9 cm³/mol. The Bertz CT molecular complexity index is 269. The Hall–Kier alpha value is -0.280. The lowest BCUT2D eigenvalue weighted by Crippen LogP contribution is -2.52. The van der Waals surface area contributed by atoms with Crippen molar-refractivity contribution in [1.82, 2.24) is 5.32 Å². The van der Waals surface area contributed by atoms with Crippen molar-refractivity contribution in [2.45, 2.75) is 65.8 Å². The molecule has 0 bridgehead atoms. The number of carbonyl (C=O) groups excluding carboxylic acids is 1. The van der Waals surface area contributed by atoms with Gasteiger partial charge in [0, 0.05) is 6.54 Å². The SMILES string of the molecule is CCCC1(CNC(=O)[C@@H](N)C(C)(C)C)CCC1.Cl. The smallest absolute Gasteiger partial charge is 0.237 e. The van der Waals surface area contributed by atoms with Crippen LogP contribution in [0.4, 0.5) is 0 Å². The average molecular weight is 277 g/mol. The molecule has 0 aromatic carbocycles. The van der Waals surface area contributed by atoms with Crippen LogP contribution in [-0.2, 0) is 4.79 Å². The highest BCUT2D eigenvalue weighted by molar-refractivity contribution is 5.85. The van der Waals surface area contributed by atoms with E-state index < -0.39 is 6.04 Å². The van der Waals surface area contributed by atoms with Crippen molar-refractivity contribution in [1.29, 1.82) is 0 Å². The fraction of sp³-hybridized carbons (Fsp3) is 0.929. The summed E-state index contributed by atoms with van der Waals surface area (Å²) in [4.78, 5) is 11.9. The minimum Gasteiger partial charge on any atom is -0.354 e. The van der Waals surface area contributed by atoms with Crippen molar-refractivity contribution < 1.29 is 4.79 Å². The molecule has 1 saturated carbocycles. The Morgan fingerprint density at radius 2 is 1.94 bits per heavy atom. The number of carbonyl (C=O) groups is 1. The summed E-state index contributed by atoms with van der Waals surface area (Å²) in [5.41, 5.74) is 6.16. The summed E-state index contributed by atoms with van der Waals surface area (Å²) in [6, 6.07) is -0.416. The Morgan fingerprint density at radius 1 is 1.39 bits per heavy atom. The molecule has 0 spiro atoms. The zero-order valence-corrected chi connectivity index (χ0v) is 13.0. The van der Waals surface area contributed by atoms with E-state index in [9.17, 15) is 4.79 Å². The van der Waals surface area contributed by atoms with Crippen molar-refractivity contribution in [3.63, 3.8) is 0 Å². The molecule has 1 aliphatic carbocycles.